The predicted octanol–water partition coefficient (Wildman–Crippen LogP) is 2.09. The van der Waals surface area contributed by atoms with Crippen LogP contribution in [0.2, 0.25) is 0 Å². The summed E-state index contributed by atoms with van der Waals surface area (Å²) in [6.07, 6.45) is 2.32. The molecule has 1 fully saturated rings. The number of hydrogen-bond acceptors (Lipinski definition) is 2. The maximum absolute atomic E-state index is 12.9. The monoisotopic (exact) mass is 222 g/mol. The van der Waals surface area contributed by atoms with E-state index >= 15 is 0 Å². The van der Waals surface area contributed by atoms with Crippen LogP contribution in [0.1, 0.15) is 30.6 Å². The summed E-state index contributed by atoms with van der Waals surface area (Å²) < 4.78 is 12.9. The number of carbonyl (C=O) groups excluding carboxylic acids is 1. The number of nitrogens with zero attached hydrogens (tertiary/aromatic N) is 2. The molecule has 0 atom stereocenters. The molecular formula is C12H15FN2O. The van der Waals surface area contributed by atoms with Crippen LogP contribution in [0.3, 0.4) is 0 Å². The van der Waals surface area contributed by atoms with Crippen molar-refractivity contribution in [3.05, 3.63) is 29.8 Å². The number of aromatic nitrogens is 1. The molecule has 1 aromatic heterocycles. The Balaban J connectivity index is 2.15. The van der Waals surface area contributed by atoms with Crippen molar-refractivity contribution in [2.24, 2.45) is 5.41 Å². The highest BCUT2D eigenvalue weighted by atomic mass is 19.1. The van der Waals surface area contributed by atoms with E-state index in [0.717, 1.165) is 19.5 Å². The van der Waals surface area contributed by atoms with Crippen molar-refractivity contribution < 1.29 is 9.18 Å². The largest absolute Gasteiger partial charge is 0.338 e. The molecule has 0 saturated carbocycles. The zero-order valence-corrected chi connectivity index (χ0v) is 9.53. The van der Waals surface area contributed by atoms with E-state index in [0.29, 0.717) is 5.56 Å². The molecule has 16 heavy (non-hydrogen) atoms. The highest BCUT2D eigenvalue weighted by Crippen LogP contribution is 2.29. The average Bonchev–Trinajstić information content (AvgIpc) is 2.58. The number of halogens is 1. The minimum absolute atomic E-state index is 0.105. The van der Waals surface area contributed by atoms with Gasteiger partial charge in [0.2, 0.25) is 5.95 Å². The third-order valence-electron chi connectivity index (χ3n) is 2.94. The zero-order chi connectivity index (χ0) is 11.8. The van der Waals surface area contributed by atoms with Gasteiger partial charge in [0, 0.05) is 30.9 Å². The summed E-state index contributed by atoms with van der Waals surface area (Å²) in [5.74, 6) is -0.712. The molecule has 0 spiro atoms. The van der Waals surface area contributed by atoms with Crippen LogP contribution >= 0.6 is 0 Å². The maximum atomic E-state index is 12.9. The van der Waals surface area contributed by atoms with E-state index in [9.17, 15) is 9.18 Å². The lowest BCUT2D eigenvalue weighted by atomic mass is 9.93. The van der Waals surface area contributed by atoms with Gasteiger partial charge >= 0.3 is 0 Å². The van der Waals surface area contributed by atoms with E-state index in [1.807, 2.05) is 0 Å². The van der Waals surface area contributed by atoms with Gasteiger partial charge in [-0.3, -0.25) is 4.79 Å². The van der Waals surface area contributed by atoms with E-state index < -0.39 is 5.95 Å². The quantitative estimate of drug-likeness (QED) is 0.682. The van der Waals surface area contributed by atoms with Crippen LogP contribution in [0.5, 0.6) is 0 Å². The molecule has 3 nitrogen and oxygen atoms in total. The van der Waals surface area contributed by atoms with Gasteiger partial charge in [0.05, 0.1) is 0 Å². The van der Waals surface area contributed by atoms with Gasteiger partial charge in [0.25, 0.3) is 5.91 Å². The molecular weight excluding hydrogens is 207 g/mol. The number of hydrogen-bond donors (Lipinski definition) is 0. The van der Waals surface area contributed by atoms with Crippen molar-refractivity contribution >= 4 is 5.91 Å². The normalized spacial score (nSPS) is 18.8. The van der Waals surface area contributed by atoms with Crippen LogP contribution in [-0.2, 0) is 0 Å². The topological polar surface area (TPSA) is 33.2 Å². The number of carbonyl (C=O) groups is 1. The summed E-state index contributed by atoms with van der Waals surface area (Å²) in [4.78, 5) is 17.2. The number of amides is 1. The number of rotatable bonds is 1. The summed E-state index contributed by atoms with van der Waals surface area (Å²) in [6, 6.07) is 2.74. The third-order valence-corrected chi connectivity index (χ3v) is 2.94. The smallest absolute Gasteiger partial charge is 0.254 e. The molecule has 4 heteroatoms. The summed E-state index contributed by atoms with van der Waals surface area (Å²) in [5.41, 5.74) is 0.548. The SMILES string of the molecule is CC1(C)CCN(C(=O)c2ccnc(F)c2)C1. The minimum atomic E-state index is -0.607. The molecule has 2 rings (SSSR count). The Labute approximate surface area is 94.3 Å². The van der Waals surface area contributed by atoms with Crippen molar-refractivity contribution in [2.45, 2.75) is 20.3 Å². The van der Waals surface area contributed by atoms with E-state index in [2.05, 4.69) is 18.8 Å². The number of pyridine rings is 1. The van der Waals surface area contributed by atoms with Crippen molar-refractivity contribution in [3.8, 4) is 0 Å². The molecule has 1 amide bonds. The Morgan fingerprint density at radius 3 is 2.88 bits per heavy atom. The third kappa shape index (κ3) is 2.21. The molecule has 2 heterocycles. The summed E-state index contributed by atoms with van der Waals surface area (Å²) in [5, 5.41) is 0. The fraction of sp³-hybridized carbons (Fsp3) is 0.500. The first-order chi connectivity index (χ1) is 7.48. The second kappa shape index (κ2) is 3.85. The minimum Gasteiger partial charge on any atom is -0.338 e. The maximum Gasteiger partial charge on any atom is 0.254 e. The molecule has 0 bridgehead atoms. The molecule has 86 valence electrons. The molecule has 0 radical (unpaired) electrons. The first kappa shape index (κ1) is 11.0. The zero-order valence-electron chi connectivity index (χ0n) is 9.53. The Morgan fingerprint density at radius 1 is 1.56 bits per heavy atom. The van der Waals surface area contributed by atoms with Crippen molar-refractivity contribution in [3.63, 3.8) is 0 Å². The Kier molecular flexibility index (Phi) is 2.66. The standard InChI is InChI=1S/C12H15FN2O/c1-12(2)4-6-15(8-12)11(16)9-3-5-14-10(13)7-9/h3,5,7H,4,6,8H2,1-2H3. The molecule has 1 aliphatic rings. The lowest BCUT2D eigenvalue weighted by Gasteiger charge is -2.19. The molecule has 1 aliphatic heterocycles. The van der Waals surface area contributed by atoms with Gasteiger partial charge in [-0.15, -0.1) is 0 Å². The molecule has 0 aliphatic carbocycles. The van der Waals surface area contributed by atoms with Gasteiger partial charge < -0.3 is 4.90 Å². The molecule has 0 N–H and O–H groups in total. The van der Waals surface area contributed by atoms with Gasteiger partial charge in [-0.05, 0) is 17.9 Å². The molecule has 1 aromatic rings. The van der Waals surface area contributed by atoms with E-state index in [1.54, 1.807) is 11.0 Å². The van der Waals surface area contributed by atoms with Crippen LogP contribution < -0.4 is 0 Å². The van der Waals surface area contributed by atoms with Crippen LogP contribution in [0.15, 0.2) is 18.3 Å². The van der Waals surface area contributed by atoms with Gasteiger partial charge in [-0.25, -0.2) is 4.98 Å². The first-order valence-electron chi connectivity index (χ1n) is 5.39. The second-order valence-corrected chi connectivity index (χ2v) is 5.01. The van der Waals surface area contributed by atoms with Gasteiger partial charge in [0.1, 0.15) is 0 Å². The summed E-state index contributed by atoms with van der Waals surface area (Å²) in [7, 11) is 0. The average molecular weight is 222 g/mol. The van der Waals surface area contributed by atoms with E-state index in [1.165, 1.54) is 12.3 Å². The van der Waals surface area contributed by atoms with Crippen molar-refractivity contribution in [1.29, 1.82) is 0 Å². The second-order valence-electron chi connectivity index (χ2n) is 5.01. The van der Waals surface area contributed by atoms with Crippen molar-refractivity contribution in [1.82, 2.24) is 9.88 Å². The van der Waals surface area contributed by atoms with Gasteiger partial charge in [0.15, 0.2) is 0 Å². The van der Waals surface area contributed by atoms with Crippen LogP contribution in [0.4, 0.5) is 4.39 Å². The number of likely N-dealkylation sites (tertiary alicyclic amines) is 1. The summed E-state index contributed by atoms with van der Waals surface area (Å²) >= 11 is 0. The fourth-order valence-corrected chi connectivity index (χ4v) is 2.00. The van der Waals surface area contributed by atoms with Gasteiger partial charge in [-0.1, -0.05) is 13.8 Å². The first-order valence-corrected chi connectivity index (χ1v) is 5.39. The molecule has 1 saturated heterocycles. The van der Waals surface area contributed by atoms with E-state index in [-0.39, 0.29) is 11.3 Å². The van der Waals surface area contributed by atoms with Crippen LogP contribution in [0, 0.1) is 11.4 Å². The Bertz CT molecular complexity index is 417. The fourth-order valence-electron chi connectivity index (χ4n) is 2.00. The Morgan fingerprint density at radius 2 is 2.31 bits per heavy atom. The van der Waals surface area contributed by atoms with Crippen molar-refractivity contribution in [2.75, 3.05) is 13.1 Å². The lowest BCUT2D eigenvalue weighted by molar-refractivity contribution is 0.0777. The highest BCUT2D eigenvalue weighted by Gasteiger charge is 2.32. The van der Waals surface area contributed by atoms with Crippen LogP contribution in [0.25, 0.3) is 0 Å². The van der Waals surface area contributed by atoms with E-state index in [4.69, 9.17) is 0 Å². The summed E-state index contributed by atoms with van der Waals surface area (Å²) in [6.45, 7) is 5.74. The Hall–Kier alpha value is -1.45. The molecule has 0 unspecified atom stereocenters. The van der Waals surface area contributed by atoms with Crippen LogP contribution in [-0.4, -0.2) is 28.9 Å². The van der Waals surface area contributed by atoms with Gasteiger partial charge in [-0.2, -0.15) is 4.39 Å². The lowest BCUT2D eigenvalue weighted by Crippen LogP contribution is -2.30. The predicted molar refractivity (Wildman–Crippen MR) is 58.5 cm³/mol. The molecule has 0 aromatic carbocycles. The highest BCUT2D eigenvalue weighted by molar-refractivity contribution is 5.94.